The normalized spacial score (nSPS) is 19.2. The van der Waals surface area contributed by atoms with Gasteiger partial charge in [-0.3, -0.25) is 0 Å². The molecule has 0 amide bonds. The summed E-state index contributed by atoms with van der Waals surface area (Å²) in [4.78, 5) is 4.87. The fourth-order valence-electron chi connectivity index (χ4n) is 3.10. The van der Waals surface area contributed by atoms with Gasteiger partial charge in [-0.05, 0) is 30.7 Å². The van der Waals surface area contributed by atoms with Gasteiger partial charge in [0.2, 0.25) is 0 Å². The number of fused-ring (bicyclic) bond motifs is 1. The van der Waals surface area contributed by atoms with Gasteiger partial charge >= 0.3 is 0 Å². The Morgan fingerprint density at radius 2 is 2.03 bits per heavy atom. The number of nitrogens with one attached hydrogen (secondary N) is 2. The number of nitrogens with zero attached hydrogens (tertiary/aromatic N) is 2. The smallest absolute Gasteiger partial charge is 0.175 e. The van der Waals surface area contributed by atoms with Crippen molar-refractivity contribution in [1.82, 2.24) is 15.8 Å². The molecule has 0 atom stereocenters. The molecule has 0 radical (unpaired) electrons. The molecule has 9 heteroatoms. The number of hydrogen-bond donors (Lipinski definition) is 2. The first-order valence-electron chi connectivity index (χ1n) is 8.86. The van der Waals surface area contributed by atoms with E-state index < -0.39 is 9.84 Å². The average Bonchev–Trinajstić information content (AvgIpc) is 2.88. The molecule has 0 unspecified atom stereocenters. The topological polar surface area (TPSA) is 73.8 Å². The molecule has 2 N–H and O–H groups in total. The Hall–Kier alpha value is -2.49. The highest BCUT2D eigenvalue weighted by molar-refractivity contribution is 9.11. The van der Waals surface area contributed by atoms with Gasteiger partial charge in [0.05, 0.1) is 21.6 Å². The minimum absolute atomic E-state index is 0.277. The number of allylic oxidation sites excluding steroid dienone is 5. The first kappa shape index (κ1) is 19.8. The van der Waals surface area contributed by atoms with E-state index in [1.54, 1.807) is 47.5 Å². The Balaban J connectivity index is 1.67. The molecule has 0 fully saturated rings. The second-order valence-electron chi connectivity index (χ2n) is 6.64. The molecule has 1 aromatic rings. The Morgan fingerprint density at radius 1 is 1.24 bits per heavy atom. The van der Waals surface area contributed by atoms with E-state index in [0.29, 0.717) is 35.9 Å². The lowest BCUT2D eigenvalue weighted by molar-refractivity contribution is 0.331. The van der Waals surface area contributed by atoms with Gasteiger partial charge in [-0.25, -0.2) is 28.2 Å². The minimum Gasteiger partial charge on any atom is -0.341 e. The number of rotatable bonds is 4. The molecular formula is C20H18BrFN4O2S. The molecule has 0 saturated carbocycles. The monoisotopic (exact) mass is 476 g/mol. The maximum atomic E-state index is 14.3. The van der Waals surface area contributed by atoms with Gasteiger partial charge in [-0.2, -0.15) is 0 Å². The summed E-state index contributed by atoms with van der Waals surface area (Å²) < 4.78 is 38.8. The summed E-state index contributed by atoms with van der Waals surface area (Å²) in [6.07, 6.45) is 10.2. The first-order chi connectivity index (χ1) is 13.8. The summed E-state index contributed by atoms with van der Waals surface area (Å²) in [5.74, 6) is 0.941. The second-order valence-corrected chi connectivity index (χ2v) is 9.61. The number of aliphatic imine (C=N–C) groups is 1. The minimum atomic E-state index is -3.28. The number of hydrogen-bond acceptors (Lipinski definition) is 6. The van der Waals surface area contributed by atoms with Crippen LogP contribution in [-0.4, -0.2) is 31.9 Å². The van der Waals surface area contributed by atoms with E-state index in [1.807, 2.05) is 6.08 Å². The largest absolute Gasteiger partial charge is 0.341 e. The molecule has 0 saturated heterocycles. The average molecular weight is 477 g/mol. The number of benzene rings is 1. The summed E-state index contributed by atoms with van der Waals surface area (Å²) in [5.41, 5.74) is 4.82. The molecule has 0 spiro atoms. The van der Waals surface area contributed by atoms with Crippen LogP contribution in [0.5, 0.6) is 0 Å². The third-order valence-corrected chi connectivity index (χ3v) is 6.32. The molecule has 2 aliphatic heterocycles. The van der Waals surface area contributed by atoms with Crippen LogP contribution in [0.2, 0.25) is 0 Å². The van der Waals surface area contributed by atoms with E-state index in [9.17, 15) is 12.8 Å². The fourth-order valence-corrected chi connectivity index (χ4v) is 4.20. The maximum absolute atomic E-state index is 14.3. The summed E-state index contributed by atoms with van der Waals surface area (Å²) in [6.45, 7) is 0.553. The van der Waals surface area contributed by atoms with Gasteiger partial charge < -0.3 is 5.32 Å². The number of halogens is 2. The van der Waals surface area contributed by atoms with Crippen LogP contribution in [0.15, 0.2) is 86.4 Å². The summed E-state index contributed by atoms with van der Waals surface area (Å²) >= 11 is 3.51. The van der Waals surface area contributed by atoms with Gasteiger partial charge in [0.25, 0.3) is 0 Å². The highest BCUT2D eigenvalue weighted by atomic mass is 79.9. The van der Waals surface area contributed by atoms with Crippen LogP contribution in [0.3, 0.4) is 0 Å². The summed E-state index contributed by atoms with van der Waals surface area (Å²) in [7, 11) is -3.28. The molecule has 1 aliphatic carbocycles. The van der Waals surface area contributed by atoms with Crippen molar-refractivity contribution in [1.29, 1.82) is 0 Å². The van der Waals surface area contributed by atoms with Crippen molar-refractivity contribution >= 4 is 31.5 Å². The lowest BCUT2D eigenvalue weighted by atomic mass is 10.1. The third kappa shape index (κ3) is 4.12. The van der Waals surface area contributed by atoms with Gasteiger partial charge in [0.1, 0.15) is 11.6 Å². The fraction of sp³-hybridized carbons (Fsp3) is 0.150. The van der Waals surface area contributed by atoms with E-state index >= 15 is 0 Å². The van der Waals surface area contributed by atoms with Crippen LogP contribution >= 0.6 is 15.9 Å². The van der Waals surface area contributed by atoms with E-state index in [4.69, 9.17) is 0 Å². The second kappa shape index (κ2) is 7.74. The van der Waals surface area contributed by atoms with E-state index in [-0.39, 0.29) is 10.7 Å². The van der Waals surface area contributed by atoms with Crippen molar-refractivity contribution < 1.29 is 12.8 Å². The highest BCUT2D eigenvalue weighted by Gasteiger charge is 2.29. The van der Waals surface area contributed by atoms with Crippen molar-refractivity contribution in [3.63, 3.8) is 0 Å². The van der Waals surface area contributed by atoms with Crippen LogP contribution < -0.4 is 10.7 Å². The molecule has 150 valence electrons. The van der Waals surface area contributed by atoms with Crippen molar-refractivity contribution in [2.24, 2.45) is 4.99 Å². The zero-order chi connectivity index (χ0) is 20.6. The zero-order valence-electron chi connectivity index (χ0n) is 15.5. The number of sulfone groups is 1. The van der Waals surface area contributed by atoms with E-state index in [2.05, 4.69) is 31.7 Å². The van der Waals surface area contributed by atoms with Crippen molar-refractivity contribution in [2.45, 2.75) is 6.42 Å². The van der Waals surface area contributed by atoms with Gasteiger partial charge in [-0.1, -0.05) is 40.2 Å². The molecule has 1 aromatic carbocycles. The predicted molar refractivity (Wildman–Crippen MR) is 115 cm³/mol. The molecule has 0 aromatic heterocycles. The Bertz CT molecular complexity index is 1160. The molecular weight excluding hydrogens is 459 g/mol. The van der Waals surface area contributed by atoms with E-state index in [0.717, 1.165) is 10.2 Å². The van der Waals surface area contributed by atoms with Gasteiger partial charge in [0.15, 0.2) is 15.7 Å². The van der Waals surface area contributed by atoms with Crippen LogP contribution in [0.1, 0.15) is 12.0 Å². The molecule has 2 heterocycles. The molecule has 0 bridgehead atoms. The Labute approximate surface area is 176 Å². The molecule has 29 heavy (non-hydrogen) atoms. The van der Waals surface area contributed by atoms with Crippen LogP contribution in [-0.2, 0) is 9.84 Å². The summed E-state index contributed by atoms with van der Waals surface area (Å²) in [5, 5.41) is 5.07. The molecule has 3 aliphatic rings. The quantitative estimate of drug-likeness (QED) is 0.697. The first-order valence-corrected chi connectivity index (χ1v) is 11.5. The van der Waals surface area contributed by atoms with Crippen molar-refractivity contribution in [2.75, 3.05) is 12.8 Å². The molecule has 4 rings (SSSR count). The van der Waals surface area contributed by atoms with Gasteiger partial charge in [-0.15, -0.1) is 0 Å². The summed E-state index contributed by atoms with van der Waals surface area (Å²) in [6, 6.07) is 6.48. The lowest BCUT2D eigenvalue weighted by Gasteiger charge is -2.28. The van der Waals surface area contributed by atoms with Crippen LogP contribution in [0.25, 0.3) is 0 Å². The third-order valence-electron chi connectivity index (χ3n) is 4.52. The van der Waals surface area contributed by atoms with Crippen LogP contribution in [0.4, 0.5) is 4.39 Å². The van der Waals surface area contributed by atoms with E-state index in [1.165, 1.54) is 12.3 Å². The Morgan fingerprint density at radius 3 is 2.79 bits per heavy atom. The van der Waals surface area contributed by atoms with Gasteiger partial charge in [0, 0.05) is 23.6 Å². The zero-order valence-corrected chi connectivity index (χ0v) is 17.9. The lowest BCUT2D eigenvalue weighted by Crippen LogP contribution is -2.39. The van der Waals surface area contributed by atoms with Crippen molar-refractivity contribution in [3.8, 4) is 0 Å². The Kier molecular flexibility index (Phi) is 5.28. The standard InChI is InChI=1S/C20H18BrFN4O2S/c1-29(27,28)14-6-4-5-13(9-10-14)24-19-11-18(15-7-2-3-8-17(15)22)25-20-16(21)12-23-26(19)20/h2-3,5-11,23-24H,4,12H2,1H3. The van der Waals surface area contributed by atoms with Crippen LogP contribution in [0, 0.1) is 5.82 Å². The molecule has 6 nitrogen and oxygen atoms in total. The highest BCUT2D eigenvalue weighted by Crippen LogP contribution is 2.29. The van der Waals surface area contributed by atoms with Crippen molar-refractivity contribution in [3.05, 3.63) is 92.8 Å². The predicted octanol–water partition coefficient (Wildman–Crippen LogP) is 3.22. The SMILES string of the molecule is CS(=O)(=O)C1=CCC=C(NC2=CC(c3ccccc3F)=NC3=C(Br)CNN23)C=C1. The maximum Gasteiger partial charge on any atom is 0.175 e. The number of hydrazine groups is 1.